The van der Waals surface area contributed by atoms with Gasteiger partial charge < -0.3 is 4.74 Å². The van der Waals surface area contributed by atoms with Crippen LogP contribution in [-0.2, 0) is 40.1 Å². The lowest BCUT2D eigenvalue weighted by Crippen LogP contribution is -2.39. The van der Waals surface area contributed by atoms with Gasteiger partial charge in [-0.1, -0.05) is 162 Å². The minimum atomic E-state index is -0.202. The Kier molecular flexibility index (Phi) is 26.6. The Morgan fingerprint density at radius 3 is 0.887 bits per heavy atom. The Morgan fingerprint density at radius 1 is 0.350 bits per heavy atom. The lowest BCUT2D eigenvalue weighted by molar-refractivity contribution is -0.154. The predicted octanol–water partition coefficient (Wildman–Crippen LogP) is 18.5. The number of carbonyl (C=O) groups excluding carboxylic acids is 6. The number of carbonyl (C=O) groups is 6. The van der Waals surface area contributed by atoms with Gasteiger partial charge in [-0.2, -0.15) is 0 Å². The number of ketones is 5. The van der Waals surface area contributed by atoms with Crippen LogP contribution in [-0.4, -0.2) is 34.9 Å². The largest absolute Gasteiger partial charge is 0.461 e. The van der Waals surface area contributed by atoms with E-state index in [9.17, 15) is 24.0 Å². The first-order chi connectivity index (χ1) is 38.8. The molecule has 6 fully saturated rings. The highest BCUT2D eigenvalue weighted by molar-refractivity contribution is 5.85. The van der Waals surface area contributed by atoms with Crippen LogP contribution in [0.4, 0.5) is 0 Å². The van der Waals surface area contributed by atoms with Gasteiger partial charge in [0.25, 0.3) is 0 Å². The van der Waals surface area contributed by atoms with E-state index in [1.165, 1.54) is 32.1 Å². The van der Waals surface area contributed by atoms with Gasteiger partial charge >= 0.3 is 5.97 Å². The van der Waals surface area contributed by atoms with E-state index in [0.29, 0.717) is 84.7 Å². The molecule has 0 aliphatic heterocycles. The van der Waals surface area contributed by atoms with E-state index in [0.717, 1.165) is 166 Å². The monoisotopic (exact) mass is 1100 g/mol. The Morgan fingerprint density at radius 2 is 0.600 bits per heavy atom. The third-order valence-electron chi connectivity index (χ3n) is 23.7. The minimum absolute atomic E-state index is 0.00139. The predicted molar refractivity (Wildman–Crippen MR) is 325 cm³/mol. The van der Waals surface area contributed by atoms with Gasteiger partial charge in [0.2, 0.25) is 0 Å². The van der Waals surface area contributed by atoms with Gasteiger partial charge in [-0.15, -0.1) is 0 Å². The van der Waals surface area contributed by atoms with Crippen molar-refractivity contribution in [2.24, 2.45) is 107 Å². The summed E-state index contributed by atoms with van der Waals surface area (Å²) in [6.45, 7) is 15.8. The molecular formula is C73H116O7. The summed E-state index contributed by atoms with van der Waals surface area (Å²) >= 11 is 0. The lowest BCUT2D eigenvalue weighted by atomic mass is 9.62. The second-order valence-electron chi connectivity index (χ2n) is 28.0. The molecule has 450 valence electrons. The molecule has 0 amide bonds. The van der Waals surface area contributed by atoms with E-state index in [1.54, 1.807) is 0 Å². The van der Waals surface area contributed by atoms with E-state index in [4.69, 9.17) is 4.74 Å². The Balaban J connectivity index is 0.964. The first-order valence-corrected chi connectivity index (χ1v) is 34.7. The molecule has 0 heterocycles. The zero-order valence-corrected chi connectivity index (χ0v) is 52.1. The summed E-state index contributed by atoms with van der Waals surface area (Å²) in [5, 5.41) is 0. The molecule has 1 aromatic carbocycles. The number of esters is 1. The molecule has 6 aliphatic rings. The number of hydrogen-bond acceptors (Lipinski definition) is 7. The Bertz CT molecular complexity index is 2080. The van der Waals surface area contributed by atoms with Crippen LogP contribution in [0.5, 0.6) is 0 Å². The van der Waals surface area contributed by atoms with Crippen molar-refractivity contribution in [1.29, 1.82) is 0 Å². The molecule has 0 radical (unpaired) electrons. The highest BCUT2D eigenvalue weighted by atomic mass is 16.5. The SMILES string of the molecule is CC[C@H](C(=O)C[C@H]1CCCC[C@H]1[C@H](CC)C(=O)C[C@H]1CCCC[C@H]1[C@H](CC)C(=O)OCc1ccccc1)[C@@H]1CCCC[C@@H]1CC(=O)[C@@H](CC)[C@@H]1CCCC[C@@H]1CC(=O)[C@@H](CC)[C@@H]1CCCC[C@@H]1CC(=O)[C@@H](CC)[C@@H]1CCCC[C@@H]1C. The zero-order chi connectivity index (χ0) is 57.1. The van der Waals surface area contributed by atoms with Gasteiger partial charge in [-0.25, -0.2) is 0 Å². The number of Topliss-reactive ketones (excluding diaryl/α,β-unsaturated/α-hetero) is 5. The van der Waals surface area contributed by atoms with Crippen LogP contribution >= 0.6 is 0 Å². The summed E-state index contributed by atoms with van der Waals surface area (Å²) in [5.74, 6) is 5.06. The fraction of sp³-hybridized carbons (Fsp3) is 0.836. The van der Waals surface area contributed by atoms with Crippen molar-refractivity contribution >= 4 is 34.9 Å². The van der Waals surface area contributed by atoms with Crippen molar-refractivity contribution < 1.29 is 33.5 Å². The topological polar surface area (TPSA) is 112 Å². The molecule has 0 saturated heterocycles. The van der Waals surface area contributed by atoms with E-state index >= 15 is 4.79 Å². The molecule has 0 aromatic heterocycles. The molecule has 6 aliphatic carbocycles. The van der Waals surface area contributed by atoms with Crippen LogP contribution in [0, 0.1) is 107 Å². The third kappa shape index (κ3) is 16.9. The van der Waals surface area contributed by atoms with Crippen LogP contribution in [0.15, 0.2) is 30.3 Å². The summed E-state index contributed by atoms with van der Waals surface area (Å²) in [4.78, 5) is 87.4. The van der Waals surface area contributed by atoms with Crippen LogP contribution in [0.3, 0.4) is 0 Å². The average molecular weight is 1110 g/mol. The molecule has 0 unspecified atom stereocenters. The van der Waals surface area contributed by atoms with Crippen molar-refractivity contribution in [3.8, 4) is 0 Å². The minimum Gasteiger partial charge on any atom is -0.461 e. The van der Waals surface area contributed by atoms with Gasteiger partial charge in [0, 0.05) is 61.7 Å². The quantitative estimate of drug-likeness (QED) is 0.0705. The van der Waals surface area contributed by atoms with Gasteiger partial charge in [-0.05, 0) is 186 Å². The summed E-state index contributed by atoms with van der Waals surface area (Å²) in [7, 11) is 0. The Labute approximate surface area is 488 Å². The van der Waals surface area contributed by atoms with Crippen LogP contribution in [0.2, 0.25) is 0 Å². The molecule has 0 bridgehead atoms. The molecule has 18 atom stereocenters. The molecule has 7 nitrogen and oxygen atoms in total. The number of ether oxygens (including phenoxy) is 1. The van der Waals surface area contributed by atoms with Crippen molar-refractivity contribution in [2.45, 2.75) is 280 Å². The average Bonchev–Trinajstić information content (AvgIpc) is 3.48. The first kappa shape index (κ1) is 64.6. The fourth-order valence-electron chi connectivity index (χ4n) is 19.4. The van der Waals surface area contributed by atoms with Crippen LogP contribution in [0.1, 0.15) is 279 Å². The smallest absolute Gasteiger partial charge is 0.309 e. The van der Waals surface area contributed by atoms with Crippen molar-refractivity contribution in [2.75, 3.05) is 0 Å². The van der Waals surface area contributed by atoms with Gasteiger partial charge in [0.1, 0.15) is 35.5 Å². The van der Waals surface area contributed by atoms with Crippen LogP contribution in [0.25, 0.3) is 0 Å². The summed E-state index contributed by atoms with van der Waals surface area (Å²) in [6, 6.07) is 9.90. The fourth-order valence-corrected chi connectivity index (χ4v) is 19.4. The summed E-state index contributed by atoms with van der Waals surface area (Å²) in [6.07, 6.45) is 34.1. The summed E-state index contributed by atoms with van der Waals surface area (Å²) < 4.78 is 5.92. The Hall–Kier alpha value is -2.96. The van der Waals surface area contributed by atoms with Gasteiger partial charge in [0.15, 0.2) is 0 Å². The maximum absolute atomic E-state index is 15.0. The second-order valence-corrected chi connectivity index (χ2v) is 28.0. The van der Waals surface area contributed by atoms with E-state index < -0.39 is 0 Å². The maximum atomic E-state index is 15.0. The van der Waals surface area contributed by atoms with Crippen molar-refractivity contribution in [3.63, 3.8) is 0 Å². The molecule has 0 N–H and O–H groups in total. The molecule has 0 spiro atoms. The van der Waals surface area contributed by atoms with E-state index in [1.807, 2.05) is 30.3 Å². The van der Waals surface area contributed by atoms with E-state index in [-0.39, 0.29) is 95.4 Å². The van der Waals surface area contributed by atoms with Crippen molar-refractivity contribution in [3.05, 3.63) is 35.9 Å². The number of benzene rings is 1. The molecular weight excluding hydrogens is 989 g/mol. The number of hydrogen-bond donors (Lipinski definition) is 0. The zero-order valence-electron chi connectivity index (χ0n) is 52.1. The second kappa shape index (κ2) is 32.9. The maximum Gasteiger partial charge on any atom is 0.309 e. The third-order valence-corrected chi connectivity index (χ3v) is 23.7. The van der Waals surface area contributed by atoms with Gasteiger partial charge in [0.05, 0.1) is 5.92 Å². The molecule has 7 heteroatoms. The van der Waals surface area contributed by atoms with Crippen molar-refractivity contribution in [1.82, 2.24) is 0 Å². The molecule has 1 aromatic rings. The highest BCUT2D eigenvalue weighted by Gasteiger charge is 2.45. The molecule has 6 saturated carbocycles. The van der Waals surface area contributed by atoms with Gasteiger partial charge in [-0.3, -0.25) is 28.8 Å². The highest BCUT2D eigenvalue weighted by Crippen LogP contribution is 2.49. The molecule has 7 rings (SSSR count). The first-order valence-electron chi connectivity index (χ1n) is 34.7. The summed E-state index contributed by atoms with van der Waals surface area (Å²) in [5.41, 5.74) is 0.991. The standard InChI is InChI=1S/C73H116O7/c1-8-56(62-37-23-17-29-49(62)7)68(74)43-51-32-18-24-38-63(51)57(9-2)69(75)44-52-33-19-25-39-64(52)58(10-3)70(76)45-53-34-20-26-40-65(53)59(11-4)71(77)46-54-35-21-27-41-66(54)60(12-5)72(78)47-55-36-22-28-42-67(55)61(13-6)73(79)80-48-50-30-15-14-16-31-50/h14-16,30-31,49,51-67H,8-13,17-29,32-48H2,1-7H3/t49-,51+,52+,53+,54+,55+,56-,57-,58-,59-,60-,61-,62+,63+,64+,65+,66+,67+/m0/s1. The normalized spacial score (nSPS) is 31.8. The lowest BCUT2D eigenvalue weighted by Gasteiger charge is -2.41. The number of rotatable bonds is 30. The van der Waals surface area contributed by atoms with Crippen LogP contribution < -0.4 is 0 Å². The van der Waals surface area contributed by atoms with E-state index in [2.05, 4.69) is 48.5 Å². The molecule has 80 heavy (non-hydrogen) atoms.